The highest BCUT2D eigenvalue weighted by Gasteiger charge is 2.33. The Morgan fingerprint density at radius 1 is 1.12 bits per heavy atom. The first-order chi connectivity index (χ1) is 7.89. The topological polar surface area (TPSA) is 53.4 Å². The van der Waals surface area contributed by atoms with Gasteiger partial charge in [-0.2, -0.15) is 0 Å². The number of halogens is 3. The molecule has 1 aromatic heterocycles. The van der Waals surface area contributed by atoms with E-state index in [4.69, 9.17) is 34.8 Å². The van der Waals surface area contributed by atoms with Crippen LogP contribution >= 0.6 is 34.8 Å². The SMILES string of the molecule is Oc1cccc2ccc(C(O)C(Cl)(Cl)Cl)nc12. The molecule has 0 fully saturated rings. The predicted octanol–water partition coefficient (Wildman–Crippen LogP) is 3.34. The number of aromatic hydroxyl groups is 1. The molecular weight excluding hydrogens is 284 g/mol. The van der Waals surface area contributed by atoms with E-state index in [1.807, 2.05) is 0 Å². The molecule has 2 aromatic rings. The van der Waals surface area contributed by atoms with Gasteiger partial charge in [0.1, 0.15) is 17.4 Å². The quantitative estimate of drug-likeness (QED) is 0.793. The van der Waals surface area contributed by atoms with E-state index in [2.05, 4.69) is 4.98 Å². The minimum atomic E-state index is -1.86. The molecule has 2 N–H and O–H groups in total. The number of aliphatic hydroxyl groups excluding tert-OH is 1. The fraction of sp³-hybridized carbons (Fsp3) is 0.182. The maximum absolute atomic E-state index is 9.77. The molecule has 1 atom stereocenters. The van der Waals surface area contributed by atoms with Gasteiger partial charge >= 0.3 is 0 Å². The average molecular weight is 293 g/mol. The average Bonchev–Trinajstić information content (AvgIpc) is 2.27. The van der Waals surface area contributed by atoms with E-state index in [0.29, 0.717) is 5.52 Å². The van der Waals surface area contributed by atoms with Crippen LogP contribution in [0.15, 0.2) is 30.3 Å². The molecule has 0 amide bonds. The Morgan fingerprint density at radius 3 is 2.47 bits per heavy atom. The zero-order chi connectivity index (χ0) is 12.6. The van der Waals surface area contributed by atoms with E-state index in [1.165, 1.54) is 6.07 Å². The first kappa shape index (κ1) is 12.7. The van der Waals surface area contributed by atoms with Crippen LogP contribution in [0.2, 0.25) is 0 Å². The first-order valence-corrected chi connectivity index (χ1v) is 5.86. The van der Waals surface area contributed by atoms with Gasteiger partial charge in [0.2, 0.25) is 3.79 Å². The molecule has 2 rings (SSSR count). The van der Waals surface area contributed by atoms with Crippen molar-refractivity contribution in [2.75, 3.05) is 0 Å². The Kier molecular flexibility index (Phi) is 3.36. The van der Waals surface area contributed by atoms with Gasteiger partial charge in [0.25, 0.3) is 0 Å². The number of alkyl halides is 3. The summed E-state index contributed by atoms with van der Waals surface area (Å²) in [7, 11) is 0. The zero-order valence-corrected chi connectivity index (χ0v) is 10.7. The normalized spacial score (nSPS) is 13.9. The predicted molar refractivity (Wildman–Crippen MR) is 68.7 cm³/mol. The Labute approximate surface area is 113 Å². The molecule has 1 aromatic carbocycles. The van der Waals surface area contributed by atoms with Crippen molar-refractivity contribution in [2.24, 2.45) is 0 Å². The van der Waals surface area contributed by atoms with Crippen molar-refractivity contribution in [3.8, 4) is 5.75 Å². The second-order valence-corrected chi connectivity index (χ2v) is 5.90. The summed E-state index contributed by atoms with van der Waals surface area (Å²) in [6.07, 6.45) is -1.35. The summed E-state index contributed by atoms with van der Waals surface area (Å²) in [4.78, 5) is 4.09. The van der Waals surface area contributed by atoms with Crippen molar-refractivity contribution >= 4 is 45.7 Å². The fourth-order valence-corrected chi connectivity index (χ4v) is 1.80. The van der Waals surface area contributed by atoms with Crippen molar-refractivity contribution < 1.29 is 10.2 Å². The summed E-state index contributed by atoms with van der Waals surface area (Å²) in [6.45, 7) is 0. The largest absolute Gasteiger partial charge is 0.506 e. The number of aromatic nitrogens is 1. The third kappa shape index (κ3) is 2.58. The molecule has 0 aliphatic heterocycles. The number of benzene rings is 1. The van der Waals surface area contributed by atoms with E-state index in [-0.39, 0.29) is 11.4 Å². The minimum Gasteiger partial charge on any atom is -0.506 e. The maximum Gasteiger partial charge on any atom is 0.221 e. The van der Waals surface area contributed by atoms with Crippen molar-refractivity contribution in [2.45, 2.75) is 9.90 Å². The zero-order valence-electron chi connectivity index (χ0n) is 8.44. The molecule has 17 heavy (non-hydrogen) atoms. The number of phenols is 1. The summed E-state index contributed by atoms with van der Waals surface area (Å²) in [5, 5.41) is 20.1. The van der Waals surface area contributed by atoms with Gasteiger partial charge in [-0.15, -0.1) is 0 Å². The van der Waals surface area contributed by atoms with Gasteiger partial charge in [-0.25, -0.2) is 4.98 Å². The number of phenolic OH excluding ortho intramolecular Hbond substituents is 1. The molecule has 6 heteroatoms. The van der Waals surface area contributed by atoms with Crippen LogP contribution in [0.5, 0.6) is 5.75 Å². The maximum atomic E-state index is 9.77. The van der Waals surface area contributed by atoms with Gasteiger partial charge in [0, 0.05) is 5.39 Å². The van der Waals surface area contributed by atoms with Gasteiger partial charge in [-0.3, -0.25) is 0 Å². The van der Waals surface area contributed by atoms with Crippen LogP contribution in [-0.4, -0.2) is 19.0 Å². The Hall–Kier alpha value is -0.740. The fourth-order valence-electron chi connectivity index (χ4n) is 1.47. The molecule has 3 nitrogen and oxygen atoms in total. The summed E-state index contributed by atoms with van der Waals surface area (Å²) in [5.74, 6) is 0.0147. The molecule has 0 radical (unpaired) electrons. The third-order valence-electron chi connectivity index (χ3n) is 2.31. The molecule has 0 spiro atoms. The lowest BCUT2D eigenvalue weighted by Crippen LogP contribution is -2.17. The van der Waals surface area contributed by atoms with Gasteiger partial charge in [0.05, 0.1) is 5.69 Å². The van der Waals surface area contributed by atoms with Crippen LogP contribution in [0.25, 0.3) is 10.9 Å². The molecular formula is C11H8Cl3NO2. The lowest BCUT2D eigenvalue weighted by molar-refractivity contribution is 0.178. The molecule has 1 unspecified atom stereocenters. The van der Waals surface area contributed by atoms with Gasteiger partial charge in [0.15, 0.2) is 0 Å². The molecule has 90 valence electrons. The smallest absolute Gasteiger partial charge is 0.221 e. The van der Waals surface area contributed by atoms with Crippen LogP contribution in [0.1, 0.15) is 11.8 Å². The highest BCUT2D eigenvalue weighted by molar-refractivity contribution is 6.67. The number of fused-ring (bicyclic) bond motifs is 1. The molecule has 1 heterocycles. The highest BCUT2D eigenvalue weighted by Crippen LogP contribution is 2.39. The van der Waals surface area contributed by atoms with E-state index < -0.39 is 9.90 Å². The first-order valence-electron chi connectivity index (χ1n) is 4.73. The Bertz CT molecular complexity index is 554. The van der Waals surface area contributed by atoms with Crippen LogP contribution in [0.3, 0.4) is 0 Å². The number of para-hydroxylation sites is 1. The minimum absolute atomic E-state index is 0.0147. The van der Waals surface area contributed by atoms with Crippen LogP contribution < -0.4 is 0 Å². The second kappa shape index (κ2) is 4.50. The van der Waals surface area contributed by atoms with E-state index >= 15 is 0 Å². The molecule has 0 saturated carbocycles. The number of aliphatic hydroxyl groups is 1. The Morgan fingerprint density at radius 2 is 1.82 bits per heavy atom. The molecule has 0 bridgehead atoms. The van der Waals surface area contributed by atoms with E-state index in [0.717, 1.165) is 5.39 Å². The third-order valence-corrected chi connectivity index (χ3v) is 2.93. The summed E-state index contributed by atoms with van der Waals surface area (Å²) >= 11 is 16.8. The summed E-state index contributed by atoms with van der Waals surface area (Å²) in [6, 6.07) is 8.23. The molecule has 0 aliphatic carbocycles. The number of nitrogens with zero attached hydrogens (tertiary/aromatic N) is 1. The van der Waals surface area contributed by atoms with Crippen molar-refractivity contribution in [1.82, 2.24) is 4.98 Å². The monoisotopic (exact) mass is 291 g/mol. The molecule has 0 saturated heterocycles. The van der Waals surface area contributed by atoms with Gasteiger partial charge in [-0.1, -0.05) is 53.0 Å². The van der Waals surface area contributed by atoms with Crippen LogP contribution in [-0.2, 0) is 0 Å². The number of hydrogen-bond acceptors (Lipinski definition) is 3. The van der Waals surface area contributed by atoms with Crippen molar-refractivity contribution in [1.29, 1.82) is 0 Å². The molecule has 0 aliphatic rings. The van der Waals surface area contributed by atoms with Crippen molar-refractivity contribution in [3.63, 3.8) is 0 Å². The lowest BCUT2D eigenvalue weighted by Gasteiger charge is -2.18. The summed E-state index contributed by atoms with van der Waals surface area (Å²) in [5.41, 5.74) is 0.553. The second-order valence-electron chi connectivity index (χ2n) is 3.53. The highest BCUT2D eigenvalue weighted by atomic mass is 35.6. The standard InChI is InChI=1S/C11H8Cl3NO2/c12-11(13,14)10(17)7-5-4-6-2-1-3-8(16)9(6)15-7/h1-5,10,16-17H. The number of pyridine rings is 1. The Balaban J connectivity index is 2.55. The van der Waals surface area contributed by atoms with E-state index in [1.54, 1.807) is 24.3 Å². The number of rotatable bonds is 1. The van der Waals surface area contributed by atoms with Crippen LogP contribution in [0.4, 0.5) is 0 Å². The van der Waals surface area contributed by atoms with Gasteiger partial charge < -0.3 is 10.2 Å². The lowest BCUT2D eigenvalue weighted by atomic mass is 10.1. The number of hydrogen-bond donors (Lipinski definition) is 2. The summed E-state index contributed by atoms with van der Waals surface area (Å²) < 4.78 is -1.86. The van der Waals surface area contributed by atoms with E-state index in [9.17, 15) is 10.2 Å². The van der Waals surface area contributed by atoms with Gasteiger partial charge in [-0.05, 0) is 12.1 Å². The van der Waals surface area contributed by atoms with Crippen LogP contribution in [0, 0.1) is 0 Å². The van der Waals surface area contributed by atoms with Crippen molar-refractivity contribution in [3.05, 3.63) is 36.0 Å².